The van der Waals surface area contributed by atoms with E-state index in [-0.39, 0.29) is 95.5 Å². The molecule has 6 heterocycles. The van der Waals surface area contributed by atoms with Crippen molar-refractivity contribution in [3.05, 3.63) is 117 Å². The lowest BCUT2D eigenvalue weighted by Gasteiger charge is -2.39. The quantitative estimate of drug-likeness (QED) is 0.0836. The fourth-order valence-electron chi connectivity index (χ4n) is 10.6. The number of benzene rings is 3. The lowest BCUT2D eigenvalue weighted by molar-refractivity contribution is -0.141. The maximum Gasteiger partial charge on any atom is 0.433 e. The van der Waals surface area contributed by atoms with E-state index in [4.69, 9.17) is 21.1 Å². The van der Waals surface area contributed by atoms with Crippen LogP contribution in [0.15, 0.2) is 66.9 Å². The van der Waals surface area contributed by atoms with Gasteiger partial charge in [-0.25, -0.2) is 4.39 Å². The van der Waals surface area contributed by atoms with Crippen molar-refractivity contribution < 1.29 is 51.0 Å². The van der Waals surface area contributed by atoms with Gasteiger partial charge in [0.15, 0.2) is 0 Å². The second-order valence-electron chi connectivity index (χ2n) is 19.5. The molecule has 0 saturated carbocycles. The summed E-state index contributed by atoms with van der Waals surface area (Å²) < 4.78 is 69.6. The van der Waals surface area contributed by atoms with Crippen molar-refractivity contribution in [1.82, 2.24) is 25.4 Å². The van der Waals surface area contributed by atoms with Crippen molar-refractivity contribution in [3.63, 3.8) is 0 Å². The van der Waals surface area contributed by atoms with Crippen LogP contribution in [-0.2, 0) is 37.3 Å². The van der Waals surface area contributed by atoms with Gasteiger partial charge in [-0.1, -0.05) is 56.3 Å². The second-order valence-corrected chi connectivity index (χ2v) is 19.9. The monoisotopic (exact) mass is 983 g/mol. The van der Waals surface area contributed by atoms with Gasteiger partial charge in [-0.15, -0.1) is 0 Å². The molecule has 3 fully saturated rings. The molecule has 0 radical (unpaired) electrons. The molecule has 70 heavy (non-hydrogen) atoms. The van der Waals surface area contributed by atoms with Gasteiger partial charge in [0.1, 0.15) is 23.3 Å². The predicted molar refractivity (Wildman–Crippen MR) is 250 cm³/mol. The van der Waals surface area contributed by atoms with Gasteiger partial charge in [-0.05, 0) is 77.9 Å². The van der Waals surface area contributed by atoms with Crippen molar-refractivity contribution in [1.29, 1.82) is 0 Å². The standard InChI is InChI=1S/C51H50ClF4N7O7/c1-49(2,3)22-40-50(26-58-36-21-39(51(54,55)56)57-23-33(36)50)42(32-9-6-10-34(52)43(32)53)44(60-40)46(66)59-35-14-12-28(20-38(35)69-4)47(67)62-17-18-70-30(25-62)8-5-7-27-11-13-31-29(19-27)24-63(48(31)68)37-15-16-41(64)61-45(37)65/h6,9-14,19-21,23,30,37,40,42,44,58,60H,8,15-18,22,24-26H2,1-4H3,(H,59,66)(H,61,64,65)/t30-,37-,40-,42-,44+,50-/m0/s1. The van der Waals surface area contributed by atoms with Crippen LogP contribution in [0.1, 0.15) is 101 Å². The Labute approximate surface area is 406 Å². The molecule has 3 aromatic carbocycles. The summed E-state index contributed by atoms with van der Waals surface area (Å²) in [7, 11) is 1.39. The number of hydrogen-bond donors (Lipinski definition) is 4. The predicted octanol–water partition coefficient (Wildman–Crippen LogP) is 6.81. The Morgan fingerprint density at radius 3 is 2.61 bits per heavy atom. The summed E-state index contributed by atoms with van der Waals surface area (Å²) in [5, 5.41) is 11.7. The summed E-state index contributed by atoms with van der Waals surface area (Å²) in [6, 6.07) is 12.9. The third kappa shape index (κ3) is 9.17. The highest BCUT2D eigenvalue weighted by molar-refractivity contribution is 6.30. The van der Waals surface area contributed by atoms with E-state index in [1.807, 2.05) is 26.8 Å². The van der Waals surface area contributed by atoms with Crippen LogP contribution in [0.25, 0.3) is 0 Å². The molecular weight excluding hydrogens is 934 g/mol. The van der Waals surface area contributed by atoms with Crippen LogP contribution in [-0.4, -0.2) is 102 Å². The number of halogens is 5. The van der Waals surface area contributed by atoms with Crippen LogP contribution in [0.3, 0.4) is 0 Å². The van der Waals surface area contributed by atoms with Gasteiger partial charge in [-0.3, -0.25) is 34.3 Å². The number of fused-ring (bicyclic) bond motifs is 3. The first-order valence-corrected chi connectivity index (χ1v) is 23.3. The molecule has 6 atom stereocenters. The Hall–Kier alpha value is -6.55. The largest absolute Gasteiger partial charge is 0.495 e. The molecule has 5 amide bonds. The van der Waals surface area contributed by atoms with Gasteiger partial charge in [0.25, 0.3) is 11.8 Å². The topological polar surface area (TPSA) is 171 Å². The number of morpholine rings is 1. The van der Waals surface area contributed by atoms with Crippen molar-refractivity contribution in [3.8, 4) is 17.6 Å². The summed E-state index contributed by atoms with van der Waals surface area (Å²) in [4.78, 5) is 72.9. The summed E-state index contributed by atoms with van der Waals surface area (Å²) >= 11 is 6.36. The smallest absolute Gasteiger partial charge is 0.433 e. The van der Waals surface area contributed by atoms with E-state index in [9.17, 15) is 37.1 Å². The summed E-state index contributed by atoms with van der Waals surface area (Å²) in [5.74, 6) is 2.69. The van der Waals surface area contributed by atoms with Crippen molar-refractivity contribution in [2.45, 2.75) is 94.7 Å². The zero-order chi connectivity index (χ0) is 49.9. The van der Waals surface area contributed by atoms with Gasteiger partial charge < -0.3 is 35.2 Å². The Kier molecular flexibility index (Phi) is 12.9. The molecule has 5 aliphatic rings. The fraction of sp³-hybridized carbons (Fsp3) is 0.412. The van der Waals surface area contributed by atoms with Gasteiger partial charge in [0.2, 0.25) is 17.7 Å². The first-order chi connectivity index (χ1) is 33.2. The number of hydrogen-bond acceptors (Lipinski definition) is 10. The molecule has 0 aliphatic carbocycles. The second kappa shape index (κ2) is 18.6. The van der Waals surface area contributed by atoms with Crippen molar-refractivity contribution in [2.75, 3.05) is 44.0 Å². The minimum absolute atomic E-state index is 0.0705. The number of nitrogens with one attached hydrogen (secondary N) is 4. The number of pyridine rings is 1. The Balaban J connectivity index is 0.909. The van der Waals surface area contributed by atoms with E-state index in [1.54, 1.807) is 35.2 Å². The zero-order valence-corrected chi connectivity index (χ0v) is 39.4. The minimum atomic E-state index is -4.71. The fourth-order valence-corrected chi connectivity index (χ4v) is 10.8. The lowest BCUT2D eigenvalue weighted by Crippen LogP contribution is -2.52. The number of imide groups is 1. The Bertz CT molecular complexity index is 2880. The average Bonchev–Trinajstić information content (AvgIpc) is 3.96. The van der Waals surface area contributed by atoms with E-state index < -0.39 is 65.1 Å². The highest BCUT2D eigenvalue weighted by atomic mass is 35.5. The van der Waals surface area contributed by atoms with Gasteiger partial charge in [0.05, 0.1) is 36.6 Å². The molecule has 9 rings (SSSR count). The number of piperidine rings is 1. The average molecular weight is 984 g/mol. The maximum atomic E-state index is 16.3. The van der Waals surface area contributed by atoms with E-state index in [0.29, 0.717) is 36.1 Å². The van der Waals surface area contributed by atoms with Crippen LogP contribution in [0.2, 0.25) is 5.02 Å². The molecule has 366 valence electrons. The van der Waals surface area contributed by atoms with Crippen molar-refractivity contribution in [2.24, 2.45) is 5.41 Å². The van der Waals surface area contributed by atoms with Gasteiger partial charge in [-0.2, -0.15) is 13.2 Å². The molecule has 4 aromatic rings. The Morgan fingerprint density at radius 1 is 1.07 bits per heavy atom. The first kappa shape index (κ1) is 48.5. The van der Waals surface area contributed by atoms with Gasteiger partial charge in [0, 0.05) is 90.5 Å². The molecular formula is C51H50ClF4N7O7. The number of rotatable bonds is 8. The number of alkyl halides is 3. The lowest BCUT2D eigenvalue weighted by atomic mass is 9.63. The number of aromatic nitrogens is 1. The summed E-state index contributed by atoms with van der Waals surface area (Å²) in [6.45, 7) is 7.12. The highest BCUT2D eigenvalue weighted by Crippen LogP contribution is 2.57. The minimum Gasteiger partial charge on any atom is -0.495 e. The third-order valence-corrected chi connectivity index (χ3v) is 14.1. The van der Waals surface area contributed by atoms with E-state index >= 15 is 4.39 Å². The molecule has 1 aromatic heterocycles. The summed E-state index contributed by atoms with van der Waals surface area (Å²) in [5.41, 5.74) is 0.497. The van der Waals surface area contributed by atoms with Gasteiger partial charge >= 0.3 is 6.18 Å². The molecule has 5 aliphatic heterocycles. The number of nitrogens with zero attached hydrogens (tertiary/aromatic N) is 3. The number of carbonyl (C=O) groups is 5. The van der Waals surface area contributed by atoms with Crippen LogP contribution >= 0.6 is 11.6 Å². The van der Waals surface area contributed by atoms with E-state index in [2.05, 4.69) is 38.1 Å². The molecule has 4 N–H and O–H groups in total. The number of anilines is 2. The normalized spacial score (nSPS) is 24.1. The molecule has 0 bridgehead atoms. The summed E-state index contributed by atoms with van der Waals surface area (Å²) in [6.07, 6.45) is -2.77. The maximum absolute atomic E-state index is 16.3. The van der Waals surface area contributed by atoms with Crippen LogP contribution in [0, 0.1) is 23.1 Å². The molecule has 3 saturated heterocycles. The zero-order valence-electron chi connectivity index (χ0n) is 38.7. The first-order valence-electron chi connectivity index (χ1n) is 22.9. The third-order valence-electron chi connectivity index (χ3n) is 13.8. The molecule has 0 unspecified atom stereocenters. The number of ether oxygens (including phenoxy) is 2. The SMILES string of the molecule is COc1cc(C(=O)N2CCO[C@@H](CC#Cc3ccc4c(c3)CN([C@H]3CCC(=O)NC3=O)C4=O)C2)ccc1NC(=O)[C@@H]1N[C@@H](CC(C)(C)C)[C@@]2(CNc3cc(C(F)(F)F)ncc32)[C@H]1c1cccc(Cl)c1F. The number of methoxy groups -OCH3 is 1. The Morgan fingerprint density at radius 2 is 1.87 bits per heavy atom. The van der Waals surface area contributed by atoms with E-state index in [1.165, 1.54) is 36.4 Å². The molecule has 1 spiro atoms. The van der Waals surface area contributed by atoms with E-state index in [0.717, 1.165) is 11.6 Å². The number of amides is 5. The molecule has 19 heteroatoms. The van der Waals surface area contributed by atoms with Crippen molar-refractivity contribution >= 4 is 52.5 Å². The highest BCUT2D eigenvalue weighted by Gasteiger charge is 2.62. The van der Waals surface area contributed by atoms with Crippen LogP contribution in [0.4, 0.5) is 28.9 Å². The van der Waals surface area contributed by atoms with Crippen LogP contribution < -0.4 is 26.0 Å². The van der Waals surface area contributed by atoms with Crippen LogP contribution in [0.5, 0.6) is 5.75 Å². The number of carbonyl (C=O) groups excluding carboxylic acids is 5. The molecule has 14 nitrogen and oxygen atoms in total.